The highest BCUT2D eigenvalue weighted by Gasteiger charge is 2.46. The van der Waals surface area contributed by atoms with Crippen LogP contribution in [0.3, 0.4) is 0 Å². The van der Waals surface area contributed by atoms with E-state index in [2.05, 4.69) is 34.7 Å². The average Bonchev–Trinajstić information content (AvgIpc) is 3.18. The molecule has 3 rings (SSSR count). The van der Waals surface area contributed by atoms with Gasteiger partial charge >= 0.3 is 0 Å². The van der Waals surface area contributed by atoms with Gasteiger partial charge < -0.3 is 24.4 Å². The maximum Gasteiger partial charge on any atom is 0.295 e. The van der Waals surface area contributed by atoms with Gasteiger partial charge in [-0.1, -0.05) is 60.8 Å². The van der Waals surface area contributed by atoms with E-state index in [1.807, 2.05) is 6.07 Å². The number of nitrogens with zero attached hydrogens (tertiary/aromatic N) is 2. The number of aliphatic hydroxyl groups excluding tert-OH is 1. The number of hydrogen-bond donors (Lipinski definition) is 1. The Labute approximate surface area is 234 Å². The summed E-state index contributed by atoms with van der Waals surface area (Å²) in [7, 11) is 3.10. The molecule has 206 valence electrons. The van der Waals surface area contributed by atoms with Crippen molar-refractivity contribution < 1.29 is 24.2 Å². The first-order chi connectivity index (χ1) is 18.4. The number of carbonyl (C=O) groups is 2. The number of amides is 1. The molecule has 1 amide bonds. The van der Waals surface area contributed by atoms with Crippen LogP contribution in [-0.2, 0) is 9.59 Å². The molecule has 0 spiro atoms. The molecule has 1 atom stereocenters. The number of benzene rings is 2. The minimum absolute atomic E-state index is 0.0818. The molecule has 1 heterocycles. The van der Waals surface area contributed by atoms with Crippen LogP contribution >= 0.6 is 15.9 Å². The summed E-state index contributed by atoms with van der Waals surface area (Å²) in [5.41, 5.74) is 1.23. The lowest BCUT2D eigenvalue weighted by molar-refractivity contribution is -0.140. The fourth-order valence-corrected chi connectivity index (χ4v) is 5.07. The minimum Gasteiger partial charge on any atom is -0.507 e. The van der Waals surface area contributed by atoms with Gasteiger partial charge in [-0.2, -0.15) is 0 Å². The van der Waals surface area contributed by atoms with Gasteiger partial charge in [0.1, 0.15) is 5.76 Å². The summed E-state index contributed by atoms with van der Waals surface area (Å²) in [5.74, 6) is -0.435. The van der Waals surface area contributed by atoms with Gasteiger partial charge in [0.15, 0.2) is 11.5 Å². The third-order valence-electron chi connectivity index (χ3n) is 6.91. The SMILES string of the molecule is CCCCN(CCCC)CCCN1C(=O)C(=O)/C(=C(/O)c2ccc(Br)cc2)C1c1ccc(OC)c(OC)c1. The molecule has 8 heteroatoms. The predicted molar refractivity (Wildman–Crippen MR) is 154 cm³/mol. The quantitative estimate of drug-likeness (QED) is 0.162. The highest BCUT2D eigenvalue weighted by Crippen LogP contribution is 2.42. The molecule has 1 aliphatic rings. The number of unbranched alkanes of at least 4 members (excludes halogenated alkanes) is 2. The summed E-state index contributed by atoms with van der Waals surface area (Å²) in [5, 5.41) is 11.3. The number of halogens is 1. The molecular formula is C30H39BrN2O5. The molecular weight excluding hydrogens is 548 g/mol. The lowest BCUT2D eigenvalue weighted by atomic mass is 9.95. The topological polar surface area (TPSA) is 79.3 Å². The summed E-state index contributed by atoms with van der Waals surface area (Å²) in [4.78, 5) is 30.7. The molecule has 0 bridgehead atoms. The molecule has 0 aromatic heterocycles. The van der Waals surface area contributed by atoms with Gasteiger partial charge in [-0.15, -0.1) is 0 Å². The van der Waals surface area contributed by atoms with Gasteiger partial charge in [0.2, 0.25) is 0 Å². The Morgan fingerprint density at radius 1 is 0.921 bits per heavy atom. The Morgan fingerprint density at radius 3 is 2.11 bits per heavy atom. The number of ether oxygens (including phenoxy) is 2. The van der Waals surface area contributed by atoms with Gasteiger partial charge in [0, 0.05) is 16.6 Å². The van der Waals surface area contributed by atoms with E-state index in [0.717, 1.165) is 56.2 Å². The number of Topliss-reactive ketones (excluding diaryl/α,β-unsaturated/α-hetero) is 1. The van der Waals surface area contributed by atoms with Crippen LogP contribution in [0.25, 0.3) is 5.76 Å². The van der Waals surface area contributed by atoms with E-state index in [1.165, 1.54) is 0 Å². The Kier molecular flexibility index (Phi) is 11.2. The molecule has 1 N–H and O–H groups in total. The first kappa shape index (κ1) is 29.7. The van der Waals surface area contributed by atoms with E-state index >= 15 is 0 Å². The van der Waals surface area contributed by atoms with Crippen LogP contribution in [0.1, 0.15) is 63.1 Å². The van der Waals surface area contributed by atoms with Crippen molar-refractivity contribution in [1.82, 2.24) is 9.80 Å². The minimum atomic E-state index is -0.738. The second kappa shape index (κ2) is 14.4. The van der Waals surface area contributed by atoms with Crippen LogP contribution in [0.5, 0.6) is 11.5 Å². The Bertz CT molecular complexity index is 1120. The van der Waals surface area contributed by atoms with Crippen molar-refractivity contribution in [3.8, 4) is 11.5 Å². The smallest absolute Gasteiger partial charge is 0.295 e. The summed E-state index contributed by atoms with van der Waals surface area (Å²) < 4.78 is 11.7. The van der Waals surface area contributed by atoms with Gasteiger partial charge in [0.05, 0.1) is 25.8 Å². The highest BCUT2D eigenvalue weighted by atomic mass is 79.9. The summed E-state index contributed by atoms with van der Waals surface area (Å²) in [6.07, 6.45) is 5.25. The van der Waals surface area contributed by atoms with Crippen molar-refractivity contribution in [2.75, 3.05) is 40.4 Å². The fraction of sp³-hybridized carbons (Fsp3) is 0.467. The molecule has 1 unspecified atom stereocenters. The number of methoxy groups -OCH3 is 2. The number of ketones is 1. The maximum atomic E-state index is 13.4. The molecule has 0 radical (unpaired) electrons. The standard InChI is InChI=1S/C30H39BrN2O5/c1-5-7-16-32(17-8-6-2)18-9-19-33-27(22-12-15-24(37-3)25(20-22)38-4)26(29(35)30(33)36)28(34)21-10-13-23(31)14-11-21/h10-15,20,27,34H,5-9,16-19H2,1-4H3/b28-26+. The Hall–Kier alpha value is -2.84. The largest absolute Gasteiger partial charge is 0.507 e. The lowest BCUT2D eigenvalue weighted by Gasteiger charge is -2.28. The van der Waals surface area contributed by atoms with Crippen molar-refractivity contribution >= 4 is 33.4 Å². The van der Waals surface area contributed by atoms with Crippen molar-refractivity contribution in [3.63, 3.8) is 0 Å². The van der Waals surface area contributed by atoms with E-state index in [9.17, 15) is 14.7 Å². The van der Waals surface area contributed by atoms with Crippen molar-refractivity contribution in [2.45, 2.75) is 52.0 Å². The van der Waals surface area contributed by atoms with Crippen molar-refractivity contribution in [2.24, 2.45) is 0 Å². The lowest BCUT2D eigenvalue weighted by Crippen LogP contribution is -2.34. The zero-order chi connectivity index (χ0) is 27.7. The second-order valence-electron chi connectivity index (χ2n) is 9.52. The zero-order valence-corrected chi connectivity index (χ0v) is 24.4. The fourth-order valence-electron chi connectivity index (χ4n) is 4.81. The number of carbonyl (C=O) groups excluding carboxylic acids is 2. The van der Waals surface area contributed by atoms with Gasteiger partial charge in [-0.3, -0.25) is 9.59 Å². The number of rotatable bonds is 14. The average molecular weight is 588 g/mol. The van der Waals surface area contributed by atoms with Crippen LogP contribution in [0.15, 0.2) is 52.5 Å². The van der Waals surface area contributed by atoms with Crippen molar-refractivity contribution in [3.05, 3.63) is 63.6 Å². The van der Waals surface area contributed by atoms with E-state index < -0.39 is 17.7 Å². The summed E-state index contributed by atoms with van der Waals surface area (Å²) in [6, 6.07) is 11.6. The molecule has 1 saturated heterocycles. The predicted octanol–water partition coefficient (Wildman–Crippen LogP) is 6.18. The van der Waals surface area contributed by atoms with Crippen LogP contribution < -0.4 is 9.47 Å². The highest BCUT2D eigenvalue weighted by molar-refractivity contribution is 9.10. The van der Waals surface area contributed by atoms with E-state index in [-0.39, 0.29) is 11.3 Å². The molecule has 2 aromatic rings. The molecule has 7 nitrogen and oxygen atoms in total. The second-order valence-corrected chi connectivity index (χ2v) is 10.4. The third-order valence-corrected chi connectivity index (χ3v) is 7.44. The first-order valence-corrected chi connectivity index (χ1v) is 14.1. The van der Waals surface area contributed by atoms with Crippen LogP contribution in [0, 0.1) is 0 Å². The number of hydrogen-bond acceptors (Lipinski definition) is 6. The molecule has 2 aromatic carbocycles. The Balaban J connectivity index is 1.98. The number of likely N-dealkylation sites (tertiary alicyclic amines) is 1. The molecule has 38 heavy (non-hydrogen) atoms. The van der Waals surface area contributed by atoms with Crippen LogP contribution in [0.4, 0.5) is 0 Å². The van der Waals surface area contributed by atoms with E-state index in [1.54, 1.807) is 55.5 Å². The molecule has 1 fully saturated rings. The van der Waals surface area contributed by atoms with Crippen LogP contribution in [-0.4, -0.2) is 67.0 Å². The number of aliphatic hydroxyl groups is 1. The van der Waals surface area contributed by atoms with Crippen LogP contribution in [0.2, 0.25) is 0 Å². The van der Waals surface area contributed by atoms with E-state index in [4.69, 9.17) is 9.47 Å². The summed E-state index contributed by atoms with van der Waals surface area (Å²) in [6.45, 7) is 7.66. The normalized spacial score (nSPS) is 16.9. The summed E-state index contributed by atoms with van der Waals surface area (Å²) >= 11 is 3.40. The molecule has 0 saturated carbocycles. The maximum absolute atomic E-state index is 13.4. The van der Waals surface area contributed by atoms with Crippen molar-refractivity contribution in [1.29, 1.82) is 0 Å². The van der Waals surface area contributed by atoms with Gasteiger partial charge in [-0.05, 0) is 68.7 Å². The molecule has 0 aliphatic carbocycles. The first-order valence-electron chi connectivity index (χ1n) is 13.3. The monoisotopic (exact) mass is 586 g/mol. The van der Waals surface area contributed by atoms with Gasteiger partial charge in [-0.25, -0.2) is 0 Å². The zero-order valence-electron chi connectivity index (χ0n) is 22.8. The molecule has 1 aliphatic heterocycles. The third kappa shape index (κ3) is 6.97. The van der Waals surface area contributed by atoms with Gasteiger partial charge in [0.25, 0.3) is 11.7 Å². The van der Waals surface area contributed by atoms with E-state index in [0.29, 0.717) is 29.2 Å². The Morgan fingerprint density at radius 2 is 1.53 bits per heavy atom.